The first-order valence-corrected chi connectivity index (χ1v) is 6.76. The SMILES string of the molecule is CCNC1CCOC(c2ccccc2COC)C1. The minimum absolute atomic E-state index is 0.203. The molecule has 1 aliphatic heterocycles. The van der Waals surface area contributed by atoms with Gasteiger partial charge in [0.1, 0.15) is 0 Å². The monoisotopic (exact) mass is 249 g/mol. The van der Waals surface area contributed by atoms with Crippen LogP contribution in [0.25, 0.3) is 0 Å². The van der Waals surface area contributed by atoms with E-state index in [1.807, 2.05) is 0 Å². The molecule has 1 saturated heterocycles. The largest absolute Gasteiger partial charge is 0.380 e. The zero-order chi connectivity index (χ0) is 12.8. The molecule has 2 atom stereocenters. The first-order valence-electron chi connectivity index (χ1n) is 6.76. The van der Waals surface area contributed by atoms with Crippen molar-refractivity contribution in [3.05, 3.63) is 35.4 Å². The summed E-state index contributed by atoms with van der Waals surface area (Å²) in [5, 5.41) is 3.52. The van der Waals surface area contributed by atoms with Gasteiger partial charge in [0.15, 0.2) is 0 Å². The standard InChI is InChI=1S/C15H23NO2/c1-3-16-13-8-9-18-15(10-13)14-7-5-4-6-12(14)11-17-2/h4-7,13,15-16H,3,8-11H2,1-2H3. The number of nitrogens with one attached hydrogen (secondary N) is 1. The zero-order valence-electron chi connectivity index (χ0n) is 11.3. The molecular weight excluding hydrogens is 226 g/mol. The lowest BCUT2D eigenvalue weighted by Crippen LogP contribution is -2.36. The minimum atomic E-state index is 0.203. The average Bonchev–Trinajstić information content (AvgIpc) is 2.40. The van der Waals surface area contributed by atoms with Crippen molar-refractivity contribution in [2.75, 3.05) is 20.3 Å². The molecule has 0 spiro atoms. The molecule has 0 saturated carbocycles. The highest BCUT2D eigenvalue weighted by molar-refractivity contribution is 5.29. The Morgan fingerprint density at radius 3 is 3.00 bits per heavy atom. The van der Waals surface area contributed by atoms with E-state index >= 15 is 0 Å². The Balaban J connectivity index is 2.10. The van der Waals surface area contributed by atoms with Crippen molar-refractivity contribution in [2.45, 2.75) is 38.5 Å². The molecule has 1 aliphatic rings. The van der Waals surface area contributed by atoms with Gasteiger partial charge in [0.2, 0.25) is 0 Å². The van der Waals surface area contributed by atoms with E-state index in [1.54, 1.807) is 7.11 Å². The predicted molar refractivity (Wildman–Crippen MR) is 72.5 cm³/mol. The number of rotatable bonds is 5. The normalized spacial score (nSPS) is 24.1. The summed E-state index contributed by atoms with van der Waals surface area (Å²) in [6.07, 6.45) is 2.36. The van der Waals surface area contributed by atoms with Crippen LogP contribution in [-0.4, -0.2) is 26.3 Å². The van der Waals surface area contributed by atoms with Crippen molar-refractivity contribution in [1.29, 1.82) is 0 Å². The van der Waals surface area contributed by atoms with Gasteiger partial charge in [-0.3, -0.25) is 0 Å². The molecule has 1 aromatic carbocycles. The van der Waals surface area contributed by atoms with Gasteiger partial charge in [0.05, 0.1) is 12.7 Å². The van der Waals surface area contributed by atoms with Crippen LogP contribution in [0.3, 0.4) is 0 Å². The molecular formula is C15H23NO2. The van der Waals surface area contributed by atoms with Crippen LogP contribution in [-0.2, 0) is 16.1 Å². The number of ether oxygens (including phenoxy) is 2. The van der Waals surface area contributed by atoms with Gasteiger partial charge in [0.25, 0.3) is 0 Å². The second-order valence-electron chi connectivity index (χ2n) is 4.77. The molecule has 100 valence electrons. The number of benzene rings is 1. The van der Waals surface area contributed by atoms with E-state index in [4.69, 9.17) is 9.47 Å². The second kappa shape index (κ2) is 6.88. The van der Waals surface area contributed by atoms with Crippen molar-refractivity contribution >= 4 is 0 Å². The van der Waals surface area contributed by atoms with Gasteiger partial charge in [-0.1, -0.05) is 31.2 Å². The Labute approximate surface area is 109 Å². The summed E-state index contributed by atoms with van der Waals surface area (Å²) < 4.78 is 11.2. The summed E-state index contributed by atoms with van der Waals surface area (Å²) in [6, 6.07) is 8.99. The molecule has 0 aromatic heterocycles. The van der Waals surface area contributed by atoms with Gasteiger partial charge in [0, 0.05) is 19.8 Å². The topological polar surface area (TPSA) is 30.5 Å². The Bertz CT molecular complexity index is 365. The molecule has 0 amide bonds. The van der Waals surface area contributed by atoms with E-state index in [-0.39, 0.29) is 6.10 Å². The Morgan fingerprint density at radius 2 is 2.22 bits per heavy atom. The zero-order valence-corrected chi connectivity index (χ0v) is 11.3. The summed E-state index contributed by atoms with van der Waals surface area (Å²) in [5.74, 6) is 0. The Hall–Kier alpha value is -0.900. The van der Waals surface area contributed by atoms with Gasteiger partial charge in [-0.05, 0) is 30.5 Å². The van der Waals surface area contributed by atoms with E-state index in [0.29, 0.717) is 12.6 Å². The van der Waals surface area contributed by atoms with Gasteiger partial charge in [-0.2, -0.15) is 0 Å². The molecule has 18 heavy (non-hydrogen) atoms. The van der Waals surface area contributed by atoms with E-state index in [1.165, 1.54) is 11.1 Å². The van der Waals surface area contributed by atoms with Crippen LogP contribution < -0.4 is 5.32 Å². The van der Waals surface area contributed by atoms with E-state index in [9.17, 15) is 0 Å². The van der Waals surface area contributed by atoms with E-state index in [0.717, 1.165) is 26.0 Å². The first-order chi connectivity index (χ1) is 8.85. The highest BCUT2D eigenvalue weighted by Crippen LogP contribution is 2.30. The van der Waals surface area contributed by atoms with E-state index < -0.39 is 0 Å². The Kier molecular flexibility index (Phi) is 5.17. The van der Waals surface area contributed by atoms with Crippen LogP contribution in [0.4, 0.5) is 0 Å². The summed E-state index contributed by atoms with van der Waals surface area (Å²) in [4.78, 5) is 0. The molecule has 1 heterocycles. The lowest BCUT2D eigenvalue weighted by molar-refractivity contribution is -0.000705. The highest BCUT2D eigenvalue weighted by Gasteiger charge is 2.24. The summed E-state index contributed by atoms with van der Waals surface area (Å²) in [5.41, 5.74) is 2.52. The van der Waals surface area contributed by atoms with E-state index in [2.05, 4.69) is 36.5 Å². The maximum Gasteiger partial charge on any atom is 0.0843 e. The maximum atomic E-state index is 5.93. The van der Waals surface area contributed by atoms with Crippen molar-refractivity contribution in [2.24, 2.45) is 0 Å². The van der Waals surface area contributed by atoms with Gasteiger partial charge in [-0.15, -0.1) is 0 Å². The molecule has 1 fully saturated rings. The first kappa shape index (κ1) is 13.5. The van der Waals surface area contributed by atoms with Crippen molar-refractivity contribution in [1.82, 2.24) is 5.32 Å². The molecule has 0 aliphatic carbocycles. The molecule has 1 N–H and O–H groups in total. The number of hydrogen-bond donors (Lipinski definition) is 1. The average molecular weight is 249 g/mol. The van der Waals surface area contributed by atoms with Gasteiger partial charge >= 0.3 is 0 Å². The Morgan fingerprint density at radius 1 is 1.39 bits per heavy atom. The van der Waals surface area contributed by atoms with Gasteiger partial charge in [-0.25, -0.2) is 0 Å². The molecule has 2 rings (SSSR count). The van der Waals surface area contributed by atoms with Crippen LogP contribution >= 0.6 is 0 Å². The lowest BCUT2D eigenvalue weighted by Gasteiger charge is -2.31. The summed E-state index contributed by atoms with van der Waals surface area (Å²) in [6.45, 7) is 4.67. The summed E-state index contributed by atoms with van der Waals surface area (Å²) >= 11 is 0. The van der Waals surface area contributed by atoms with Crippen LogP contribution in [0.2, 0.25) is 0 Å². The van der Waals surface area contributed by atoms with Gasteiger partial charge < -0.3 is 14.8 Å². The van der Waals surface area contributed by atoms with Crippen LogP contribution in [0, 0.1) is 0 Å². The fourth-order valence-corrected chi connectivity index (χ4v) is 2.62. The third-order valence-corrected chi connectivity index (χ3v) is 3.48. The van der Waals surface area contributed by atoms with Crippen molar-refractivity contribution in [3.63, 3.8) is 0 Å². The summed E-state index contributed by atoms with van der Waals surface area (Å²) in [7, 11) is 1.74. The van der Waals surface area contributed by atoms with Crippen molar-refractivity contribution < 1.29 is 9.47 Å². The molecule has 1 aromatic rings. The predicted octanol–water partition coefficient (Wildman–Crippen LogP) is 2.66. The number of methoxy groups -OCH3 is 1. The molecule has 3 heteroatoms. The smallest absolute Gasteiger partial charge is 0.0843 e. The maximum absolute atomic E-state index is 5.93. The highest BCUT2D eigenvalue weighted by atomic mass is 16.5. The third-order valence-electron chi connectivity index (χ3n) is 3.48. The second-order valence-corrected chi connectivity index (χ2v) is 4.77. The van der Waals surface area contributed by atoms with Crippen LogP contribution in [0.1, 0.15) is 37.0 Å². The van der Waals surface area contributed by atoms with Crippen molar-refractivity contribution in [3.8, 4) is 0 Å². The minimum Gasteiger partial charge on any atom is -0.380 e. The molecule has 0 radical (unpaired) electrons. The van der Waals surface area contributed by atoms with Crippen LogP contribution in [0.15, 0.2) is 24.3 Å². The quantitative estimate of drug-likeness (QED) is 0.870. The lowest BCUT2D eigenvalue weighted by atomic mass is 9.94. The molecule has 3 nitrogen and oxygen atoms in total. The fourth-order valence-electron chi connectivity index (χ4n) is 2.62. The van der Waals surface area contributed by atoms with Crippen LogP contribution in [0.5, 0.6) is 0 Å². The molecule has 0 bridgehead atoms. The molecule has 2 unspecified atom stereocenters. The number of hydrogen-bond acceptors (Lipinski definition) is 3. The fraction of sp³-hybridized carbons (Fsp3) is 0.600. The third kappa shape index (κ3) is 3.31.